The van der Waals surface area contributed by atoms with Gasteiger partial charge in [-0.25, -0.2) is 0 Å². The van der Waals surface area contributed by atoms with E-state index in [1.165, 1.54) is 6.07 Å². The average Bonchev–Trinajstić information content (AvgIpc) is 2.68. The molecule has 0 bridgehead atoms. The maximum Gasteiger partial charge on any atom is 0.419 e. The van der Waals surface area contributed by atoms with Gasteiger partial charge in [0.05, 0.1) is 5.56 Å². The van der Waals surface area contributed by atoms with E-state index in [4.69, 9.17) is 0 Å². The van der Waals surface area contributed by atoms with Crippen molar-refractivity contribution in [2.45, 2.75) is 18.5 Å². The molecule has 0 saturated carbocycles. The van der Waals surface area contributed by atoms with Crippen LogP contribution in [0.5, 0.6) is 5.75 Å². The lowest BCUT2D eigenvalue weighted by atomic mass is 9.87. The summed E-state index contributed by atoms with van der Waals surface area (Å²) < 4.78 is 38.9. The minimum absolute atomic E-state index is 0.0631. The number of rotatable bonds is 1. The summed E-state index contributed by atoms with van der Waals surface area (Å²) in [5.41, 5.74) is 1.47. The van der Waals surface area contributed by atoms with Crippen molar-refractivity contribution in [3.05, 3.63) is 64.7 Å². The van der Waals surface area contributed by atoms with E-state index in [0.29, 0.717) is 25.1 Å². The fourth-order valence-electron chi connectivity index (χ4n) is 2.98. The molecule has 2 aromatic carbocycles. The van der Waals surface area contributed by atoms with Crippen LogP contribution in [-0.4, -0.2) is 18.2 Å². The normalized spacial score (nSPS) is 18.6. The summed E-state index contributed by atoms with van der Waals surface area (Å²) in [4.78, 5) is 0. The second-order valence-corrected chi connectivity index (χ2v) is 5.48. The molecule has 1 heterocycles. The highest BCUT2D eigenvalue weighted by molar-refractivity contribution is 5.48. The maximum atomic E-state index is 13.0. The standard InChI is InChI=1S/C17H16F3NO/c18-17(19,20)15-8-12-6-7-21-10-14(13(12)9-16(15)22)11-4-2-1-3-5-11/h1-5,8-9,14,21-22H,6-7,10H2. The molecule has 1 unspecified atom stereocenters. The fourth-order valence-corrected chi connectivity index (χ4v) is 2.98. The zero-order valence-corrected chi connectivity index (χ0v) is 11.8. The number of nitrogens with one attached hydrogen (secondary N) is 1. The first kappa shape index (κ1) is 14.9. The van der Waals surface area contributed by atoms with Gasteiger partial charge < -0.3 is 10.4 Å². The van der Waals surface area contributed by atoms with Gasteiger partial charge in [-0.2, -0.15) is 13.2 Å². The molecule has 0 fully saturated rings. The van der Waals surface area contributed by atoms with Crippen LogP contribution in [0.25, 0.3) is 0 Å². The molecule has 1 aliphatic heterocycles. The lowest BCUT2D eigenvalue weighted by molar-refractivity contribution is -0.138. The zero-order chi connectivity index (χ0) is 15.7. The summed E-state index contributed by atoms with van der Waals surface area (Å²) in [5.74, 6) is -0.763. The summed E-state index contributed by atoms with van der Waals surface area (Å²) in [5, 5.41) is 13.1. The van der Waals surface area contributed by atoms with Crippen LogP contribution in [0.4, 0.5) is 13.2 Å². The van der Waals surface area contributed by atoms with E-state index in [-0.39, 0.29) is 5.92 Å². The van der Waals surface area contributed by atoms with Crippen LogP contribution in [-0.2, 0) is 12.6 Å². The first-order chi connectivity index (χ1) is 10.5. The Hall–Kier alpha value is -2.01. The van der Waals surface area contributed by atoms with Crippen molar-refractivity contribution in [2.75, 3.05) is 13.1 Å². The van der Waals surface area contributed by atoms with Crippen LogP contribution in [0, 0.1) is 0 Å². The molecule has 116 valence electrons. The van der Waals surface area contributed by atoms with Crippen molar-refractivity contribution in [1.82, 2.24) is 5.32 Å². The number of phenolic OH excluding ortho intramolecular Hbond substituents is 1. The number of alkyl halides is 3. The Morgan fingerprint density at radius 1 is 1.09 bits per heavy atom. The molecule has 5 heteroatoms. The Bertz CT molecular complexity index is 668. The molecule has 0 amide bonds. The van der Waals surface area contributed by atoms with Crippen LogP contribution in [0.1, 0.15) is 28.2 Å². The van der Waals surface area contributed by atoms with E-state index in [0.717, 1.165) is 17.2 Å². The largest absolute Gasteiger partial charge is 0.507 e. The van der Waals surface area contributed by atoms with Gasteiger partial charge >= 0.3 is 6.18 Å². The van der Waals surface area contributed by atoms with E-state index < -0.39 is 17.5 Å². The summed E-state index contributed by atoms with van der Waals surface area (Å²) in [7, 11) is 0. The SMILES string of the molecule is Oc1cc2c(cc1C(F)(F)F)CCNCC2c1ccccc1. The highest BCUT2D eigenvalue weighted by Gasteiger charge is 2.35. The van der Waals surface area contributed by atoms with Crippen LogP contribution in [0.15, 0.2) is 42.5 Å². The molecule has 0 saturated heterocycles. The van der Waals surface area contributed by atoms with Crippen molar-refractivity contribution in [3.8, 4) is 5.75 Å². The molecular weight excluding hydrogens is 291 g/mol. The second kappa shape index (κ2) is 5.65. The van der Waals surface area contributed by atoms with Gasteiger partial charge in [-0.15, -0.1) is 0 Å². The third-order valence-electron chi connectivity index (χ3n) is 4.06. The third kappa shape index (κ3) is 2.81. The van der Waals surface area contributed by atoms with E-state index in [1.54, 1.807) is 0 Å². The van der Waals surface area contributed by atoms with Gasteiger partial charge in [0.2, 0.25) is 0 Å². The summed E-state index contributed by atoms with van der Waals surface area (Å²) in [6, 6.07) is 12.0. The maximum absolute atomic E-state index is 13.0. The molecule has 0 aliphatic carbocycles. The lowest BCUT2D eigenvalue weighted by Gasteiger charge is -2.20. The Labute approximate surface area is 126 Å². The average molecular weight is 307 g/mol. The summed E-state index contributed by atoms with van der Waals surface area (Å²) in [6.07, 6.45) is -4.02. The van der Waals surface area contributed by atoms with Gasteiger partial charge in [0.1, 0.15) is 5.75 Å². The van der Waals surface area contributed by atoms with Crippen LogP contribution >= 0.6 is 0 Å². The van der Waals surface area contributed by atoms with Crippen molar-refractivity contribution in [3.63, 3.8) is 0 Å². The van der Waals surface area contributed by atoms with Crippen molar-refractivity contribution in [2.24, 2.45) is 0 Å². The quantitative estimate of drug-likeness (QED) is 0.842. The van der Waals surface area contributed by atoms with E-state index in [1.807, 2.05) is 30.3 Å². The van der Waals surface area contributed by atoms with Crippen LogP contribution in [0.2, 0.25) is 0 Å². The van der Waals surface area contributed by atoms with Crippen molar-refractivity contribution in [1.29, 1.82) is 0 Å². The Balaban J connectivity index is 2.12. The fraction of sp³-hybridized carbons (Fsp3) is 0.294. The molecule has 3 rings (SSSR count). The monoisotopic (exact) mass is 307 g/mol. The molecule has 1 atom stereocenters. The Morgan fingerprint density at radius 3 is 2.50 bits per heavy atom. The smallest absolute Gasteiger partial charge is 0.419 e. The van der Waals surface area contributed by atoms with Gasteiger partial charge in [0.15, 0.2) is 0 Å². The molecule has 2 N–H and O–H groups in total. The first-order valence-corrected chi connectivity index (χ1v) is 7.15. The Morgan fingerprint density at radius 2 is 1.82 bits per heavy atom. The van der Waals surface area contributed by atoms with Crippen LogP contribution < -0.4 is 5.32 Å². The minimum atomic E-state index is -4.54. The van der Waals surface area contributed by atoms with Gasteiger partial charge in [-0.05, 0) is 41.8 Å². The van der Waals surface area contributed by atoms with Gasteiger partial charge in [-0.3, -0.25) is 0 Å². The molecule has 22 heavy (non-hydrogen) atoms. The number of hydrogen-bond acceptors (Lipinski definition) is 2. The van der Waals surface area contributed by atoms with Gasteiger partial charge in [0.25, 0.3) is 0 Å². The number of hydrogen-bond donors (Lipinski definition) is 2. The minimum Gasteiger partial charge on any atom is -0.507 e. The van der Waals surface area contributed by atoms with E-state index in [9.17, 15) is 18.3 Å². The second-order valence-electron chi connectivity index (χ2n) is 5.48. The predicted molar refractivity (Wildman–Crippen MR) is 78.0 cm³/mol. The van der Waals surface area contributed by atoms with Crippen molar-refractivity contribution >= 4 is 0 Å². The molecule has 0 aromatic heterocycles. The Kier molecular flexibility index (Phi) is 3.83. The van der Waals surface area contributed by atoms with Gasteiger partial charge in [0, 0.05) is 12.5 Å². The topological polar surface area (TPSA) is 32.3 Å². The van der Waals surface area contributed by atoms with Crippen LogP contribution in [0.3, 0.4) is 0 Å². The summed E-state index contributed by atoms with van der Waals surface area (Å²) in [6.45, 7) is 1.26. The summed E-state index contributed by atoms with van der Waals surface area (Å²) >= 11 is 0. The molecular formula is C17H16F3NO. The molecule has 2 aromatic rings. The molecule has 0 radical (unpaired) electrons. The molecule has 2 nitrogen and oxygen atoms in total. The number of phenols is 1. The number of aromatic hydroxyl groups is 1. The number of fused-ring (bicyclic) bond motifs is 1. The van der Waals surface area contributed by atoms with E-state index >= 15 is 0 Å². The number of benzene rings is 2. The zero-order valence-electron chi connectivity index (χ0n) is 11.8. The first-order valence-electron chi connectivity index (χ1n) is 7.15. The highest BCUT2D eigenvalue weighted by atomic mass is 19.4. The van der Waals surface area contributed by atoms with E-state index in [2.05, 4.69) is 5.32 Å². The predicted octanol–water partition coefficient (Wildman–Crippen LogP) is 3.69. The molecule has 0 spiro atoms. The lowest BCUT2D eigenvalue weighted by Crippen LogP contribution is -2.20. The highest BCUT2D eigenvalue weighted by Crippen LogP contribution is 2.40. The van der Waals surface area contributed by atoms with Crippen molar-refractivity contribution < 1.29 is 18.3 Å². The number of halogens is 3. The molecule has 1 aliphatic rings. The third-order valence-corrected chi connectivity index (χ3v) is 4.06. The van der Waals surface area contributed by atoms with Gasteiger partial charge in [-0.1, -0.05) is 30.3 Å².